The SMILES string of the molecule is O=C(CO/N=C\c1ccccc1OC(F)F)NCCc1ccccc1. The Hall–Kier alpha value is -2.96. The van der Waals surface area contributed by atoms with Gasteiger partial charge in [-0.3, -0.25) is 4.79 Å². The Bertz CT molecular complexity index is 694. The summed E-state index contributed by atoms with van der Waals surface area (Å²) >= 11 is 0. The monoisotopic (exact) mass is 348 g/mol. The van der Waals surface area contributed by atoms with E-state index in [4.69, 9.17) is 4.84 Å². The predicted molar refractivity (Wildman–Crippen MR) is 89.8 cm³/mol. The summed E-state index contributed by atoms with van der Waals surface area (Å²) in [4.78, 5) is 16.5. The van der Waals surface area contributed by atoms with E-state index in [9.17, 15) is 13.6 Å². The van der Waals surface area contributed by atoms with Gasteiger partial charge in [0.25, 0.3) is 5.91 Å². The van der Waals surface area contributed by atoms with Gasteiger partial charge >= 0.3 is 6.61 Å². The number of benzene rings is 2. The van der Waals surface area contributed by atoms with Crippen molar-refractivity contribution in [2.24, 2.45) is 5.16 Å². The Kier molecular flexibility index (Phi) is 7.37. The first-order chi connectivity index (χ1) is 12.1. The van der Waals surface area contributed by atoms with E-state index >= 15 is 0 Å². The van der Waals surface area contributed by atoms with Crippen LogP contribution in [0.3, 0.4) is 0 Å². The molecule has 0 radical (unpaired) electrons. The topological polar surface area (TPSA) is 59.9 Å². The standard InChI is InChI=1S/C18H18F2N2O3/c19-18(20)25-16-9-5-4-8-15(16)12-22-24-13-17(23)21-11-10-14-6-2-1-3-7-14/h1-9,12,18H,10-11,13H2,(H,21,23)/b22-12-. The summed E-state index contributed by atoms with van der Waals surface area (Å²) in [7, 11) is 0. The van der Waals surface area contributed by atoms with Crippen molar-refractivity contribution in [1.82, 2.24) is 5.32 Å². The van der Waals surface area contributed by atoms with Gasteiger partial charge in [-0.2, -0.15) is 8.78 Å². The molecule has 0 aliphatic heterocycles. The highest BCUT2D eigenvalue weighted by Crippen LogP contribution is 2.18. The molecule has 0 fully saturated rings. The first-order valence-corrected chi connectivity index (χ1v) is 7.65. The van der Waals surface area contributed by atoms with E-state index in [0.717, 1.165) is 5.56 Å². The van der Waals surface area contributed by atoms with E-state index in [0.29, 0.717) is 18.5 Å². The summed E-state index contributed by atoms with van der Waals surface area (Å²) in [6.07, 6.45) is 1.93. The lowest BCUT2D eigenvalue weighted by molar-refractivity contribution is -0.125. The van der Waals surface area contributed by atoms with Crippen LogP contribution >= 0.6 is 0 Å². The van der Waals surface area contributed by atoms with E-state index in [-0.39, 0.29) is 18.3 Å². The number of oxime groups is 1. The first kappa shape index (κ1) is 18.4. The number of carbonyl (C=O) groups is 1. The number of carbonyl (C=O) groups excluding carboxylic acids is 1. The second-order valence-electron chi connectivity index (χ2n) is 5.01. The molecule has 0 saturated heterocycles. The molecule has 1 amide bonds. The number of alkyl halides is 2. The number of rotatable bonds is 9. The van der Waals surface area contributed by atoms with E-state index in [1.165, 1.54) is 12.3 Å². The molecule has 0 atom stereocenters. The Morgan fingerprint density at radius 3 is 2.60 bits per heavy atom. The number of hydrogen-bond acceptors (Lipinski definition) is 4. The van der Waals surface area contributed by atoms with Crippen molar-refractivity contribution in [1.29, 1.82) is 0 Å². The molecule has 5 nitrogen and oxygen atoms in total. The van der Waals surface area contributed by atoms with Crippen molar-refractivity contribution in [3.63, 3.8) is 0 Å². The summed E-state index contributed by atoms with van der Waals surface area (Å²) in [5.41, 5.74) is 1.45. The molecule has 2 aromatic rings. The van der Waals surface area contributed by atoms with Gasteiger partial charge in [0.05, 0.1) is 6.21 Å². The number of hydrogen-bond donors (Lipinski definition) is 1. The number of nitrogens with zero attached hydrogens (tertiary/aromatic N) is 1. The molecule has 1 N–H and O–H groups in total. The minimum atomic E-state index is -2.93. The minimum Gasteiger partial charge on any atom is -0.434 e. The summed E-state index contributed by atoms with van der Waals surface area (Å²) in [6, 6.07) is 15.9. The van der Waals surface area contributed by atoms with E-state index < -0.39 is 6.61 Å². The average Bonchev–Trinajstić information content (AvgIpc) is 2.60. The molecule has 25 heavy (non-hydrogen) atoms. The van der Waals surface area contributed by atoms with Crippen LogP contribution < -0.4 is 10.1 Å². The molecule has 0 aromatic heterocycles. The van der Waals surface area contributed by atoms with Gasteiger partial charge in [0, 0.05) is 12.1 Å². The van der Waals surface area contributed by atoms with Crippen molar-refractivity contribution in [3.8, 4) is 5.75 Å². The normalized spacial score (nSPS) is 10.8. The number of amides is 1. The quantitative estimate of drug-likeness (QED) is 0.560. The van der Waals surface area contributed by atoms with E-state index in [2.05, 4.69) is 15.2 Å². The molecule has 0 aliphatic carbocycles. The van der Waals surface area contributed by atoms with Gasteiger partial charge in [0.15, 0.2) is 6.61 Å². The van der Waals surface area contributed by atoms with Crippen molar-refractivity contribution < 1.29 is 23.1 Å². The molecular weight excluding hydrogens is 330 g/mol. The number of halogens is 2. The summed E-state index contributed by atoms with van der Waals surface area (Å²) < 4.78 is 28.9. The maximum atomic E-state index is 12.3. The maximum absolute atomic E-state index is 12.3. The zero-order chi connectivity index (χ0) is 17.9. The lowest BCUT2D eigenvalue weighted by Gasteiger charge is -2.07. The van der Waals surface area contributed by atoms with Crippen LogP contribution in [-0.4, -0.2) is 31.9 Å². The van der Waals surface area contributed by atoms with Crippen LogP contribution in [-0.2, 0) is 16.1 Å². The molecule has 7 heteroatoms. The third kappa shape index (κ3) is 6.99. The maximum Gasteiger partial charge on any atom is 0.387 e. The van der Waals surface area contributed by atoms with E-state index in [1.54, 1.807) is 18.2 Å². The second kappa shape index (κ2) is 10.0. The van der Waals surface area contributed by atoms with Crippen molar-refractivity contribution in [2.75, 3.05) is 13.2 Å². The summed E-state index contributed by atoms with van der Waals surface area (Å²) in [5.74, 6) is -0.331. The second-order valence-corrected chi connectivity index (χ2v) is 5.01. The van der Waals surface area contributed by atoms with Crippen LogP contribution in [0.25, 0.3) is 0 Å². The lowest BCUT2D eigenvalue weighted by Crippen LogP contribution is -2.28. The van der Waals surface area contributed by atoms with Crippen LogP contribution in [0.15, 0.2) is 59.8 Å². The third-order valence-electron chi connectivity index (χ3n) is 3.18. The number of para-hydroxylation sites is 1. The summed E-state index contributed by atoms with van der Waals surface area (Å²) in [6.45, 7) is -2.70. The summed E-state index contributed by atoms with van der Waals surface area (Å²) in [5, 5.41) is 6.31. The van der Waals surface area contributed by atoms with Crippen LogP contribution in [0.5, 0.6) is 5.75 Å². The molecule has 2 aromatic carbocycles. The fourth-order valence-electron chi connectivity index (χ4n) is 2.02. The minimum absolute atomic E-state index is 0.0165. The van der Waals surface area contributed by atoms with Crippen LogP contribution in [0.2, 0.25) is 0 Å². The fourth-order valence-corrected chi connectivity index (χ4v) is 2.02. The highest BCUT2D eigenvalue weighted by atomic mass is 19.3. The molecule has 0 spiro atoms. The van der Waals surface area contributed by atoms with Crippen LogP contribution in [0, 0.1) is 0 Å². The molecule has 0 heterocycles. The lowest BCUT2D eigenvalue weighted by atomic mass is 10.1. The zero-order valence-corrected chi connectivity index (χ0v) is 13.4. The fraction of sp³-hybridized carbons (Fsp3) is 0.222. The van der Waals surface area contributed by atoms with Gasteiger partial charge in [0.1, 0.15) is 5.75 Å². The Morgan fingerprint density at radius 2 is 1.84 bits per heavy atom. The number of nitrogens with one attached hydrogen (secondary N) is 1. The van der Waals surface area contributed by atoms with Gasteiger partial charge in [-0.05, 0) is 24.1 Å². The van der Waals surface area contributed by atoms with Crippen molar-refractivity contribution in [3.05, 3.63) is 65.7 Å². The Balaban J connectivity index is 1.71. The molecule has 0 aliphatic rings. The van der Waals surface area contributed by atoms with Crippen LogP contribution in [0.1, 0.15) is 11.1 Å². The van der Waals surface area contributed by atoms with Crippen molar-refractivity contribution >= 4 is 12.1 Å². The molecule has 2 rings (SSSR count). The van der Waals surface area contributed by atoms with Crippen LogP contribution in [0.4, 0.5) is 8.78 Å². The number of ether oxygens (including phenoxy) is 1. The Morgan fingerprint density at radius 1 is 1.12 bits per heavy atom. The van der Waals surface area contributed by atoms with Gasteiger partial charge in [0.2, 0.25) is 0 Å². The van der Waals surface area contributed by atoms with Gasteiger partial charge < -0.3 is 14.9 Å². The largest absolute Gasteiger partial charge is 0.434 e. The Labute approximate surface area is 144 Å². The van der Waals surface area contributed by atoms with Gasteiger partial charge in [-0.1, -0.05) is 47.6 Å². The molecule has 0 saturated carbocycles. The first-order valence-electron chi connectivity index (χ1n) is 7.65. The van der Waals surface area contributed by atoms with E-state index in [1.807, 2.05) is 30.3 Å². The molecular formula is C18H18F2N2O3. The van der Waals surface area contributed by atoms with Gasteiger partial charge in [-0.15, -0.1) is 0 Å². The smallest absolute Gasteiger partial charge is 0.387 e. The predicted octanol–water partition coefficient (Wildman–Crippen LogP) is 3.00. The molecule has 0 bridgehead atoms. The third-order valence-corrected chi connectivity index (χ3v) is 3.18. The highest BCUT2D eigenvalue weighted by molar-refractivity contribution is 5.83. The van der Waals surface area contributed by atoms with Crippen molar-refractivity contribution in [2.45, 2.75) is 13.0 Å². The molecule has 132 valence electrons. The van der Waals surface area contributed by atoms with Gasteiger partial charge in [-0.25, -0.2) is 0 Å². The average molecular weight is 348 g/mol. The molecule has 0 unspecified atom stereocenters. The zero-order valence-electron chi connectivity index (χ0n) is 13.4. The highest BCUT2D eigenvalue weighted by Gasteiger charge is 2.07.